The maximum absolute atomic E-state index is 12.5. The molecule has 2 aromatic carbocycles. The molecule has 0 spiro atoms. The monoisotopic (exact) mass is 373 g/mol. The second kappa shape index (κ2) is 8.43. The third-order valence-electron chi connectivity index (χ3n) is 4.78. The Hall–Kier alpha value is -2.24. The molecule has 1 saturated heterocycles. The number of anilines is 1. The van der Waals surface area contributed by atoms with Gasteiger partial charge < -0.3 is 20.2 Å². The summed E-state index contributed by atoms with van der Waals surface area (Å²) in [5.74, 6) is 0.371. The molecule has 1 amide bonds. The fourth-order valence-electron chi connectivity index (χ4n) is 3.17. The summed E-state index contributed by atoms with van der Waals surface area (Å²) >= 11 is 6.21. The number of carbonyl (C=O) groups excluding carboxylic acids is 1. The Bertz CT molecular complexity index is 743. The fraction of sp³-hybridized carbons (Fsp3) is 0.350. The summed E-state index contributed by atoms with van der Waals surface area (Å²) in [4.78, 5) is 16.6. The molecule has 138 valence electrons. The highest BCUT2D eigenvalue weighted by Gasteiger charge is 2.21. The van der Waals surface area contributed by atoms with Crippen molar-refractivity contribution in [3.63, 3.8) is 0 Å². The second-order valence-corrected chi connectivity index (χ2v) is 6.92. The van der Waals surface area contributed by atoms with Crippen molar-refractivity contribution in [1.82, 2.24) is 10.2 Å². The number of rotatable bonds is 5. The van der Waals surface area contributed by atoms with E-state index in [1.54, 1.807) is 12.1 Å². The average Bonchev–Trinajstić information content (AvgIpc) is 2.67. The van der Waals surface area contributed by atoms with Gasteiger partial charge in [-0.15, -0.1) is 0 Å². The molecule has 1 fully saturated rings. The van der Waals surface area contributed by atoms with Crippen LogP contribution in [0.4, 0.5) is 5.69 Å². The highest BCUT2D eigenvalue weighted by molar-refractivity contribution is 6.31. The van der Waals surface area contributed by atoms with Crippen molar-refractivity contribution >= 4 is 23.2 Å². The number of nitrogens with zero attached hydrogens (tertiary/aromatic N) is 2. The van der Waals surface area contributed by atoms with Gasteiger partial charge in [0.25, 0.3) is 0 Å². The number of hydrogen-bond acceptors (Lipinski definition) is 4. The van der Waals surface area contributed by atoms with E-state index in [9.17, 15) is 9.90 Å². The SMILES string of the molecule is C[C@@H](NCC(=O)N1CCN(c2ccc(O)cc2)CC1)c1ccccc1Cl. The van der Waals surface area contributed by atoms with E-state index in [1.165, 1.54) is 0 Å². The van der Waals surface area contributed by atoms with Gasteiger partial charge >= 0.3 is 0 Å². The van der Waals surface area contributed by atoms with Gasteiger partial charge in [-0.05, 0) is 42.8 Å². The summed E-state index contributed by atoms with van der Waals surface area (Å²) in [6.45, 7) is 5.28. The molecule has 0 aliphatic carbocycles. The zero-order valence-corrected chi connectivity index (χ0v) is 15.6. The first kappa shape index (κ1) is 18.5. The van der Waals surface area contributed by atoms with Crippen LogP contribution in [0.2, 0.25) is 5.02 Å². The first-order valence-electron chi connectivity index (χ1n) is 8.84. The van der Waals surface area contributed by atoms with Crippen LogP contribution in [0, 0.1) is 0 Å². The van der Waals surface area contributed by atoms with Crippen molar-refractivity contribution in [2.75, 3.05) is 37.6 Å². The van der Waals surface area contributed by atoms with Gasteiger partial charge in [0.05, 0.1) is 6.54 Å². The molecule has 26 heavy (non-hydrogen) atoms. The van der Waals surface area contributed by atoms with Crippen molar-refractivity contribution in [1.29, 1.82) is 0 Å². The molecule has 0 radical (unpaired) electrons. The van der Waals surface area contributed by atoms with E-state index in [0.717, 1.165) is 24.3 Å². The van der Waals surface area contributed by atoms with E-state index in [4.69, 9.17) is 11.6 Å². The van der Waals surface area contributed by atoms with E-state index < -0.39 is 0 Å². The quantitative estimate of drug-likeness (QED) is 0.845. The number of phenolic OH excluding ortho intramolecular Hbond substituents is 1. The van der Waals surface area contributed by atoms with E-state index >= 15 is 0 Å². The summed E-state index contributed by atoms with van der Waals surface area (Å²) in [5.41, 5.74) is 2.07. The van der Waals surface area contributed by atoms with Gasteiger partial charge in [0.15, 0.2) is 0 Å². The zero-order valence-electron chi connectivity index (χ0n) is 14.9. The van der Waals surface area contributed by atoms with Gasteiger partial charge in [-0.25, -0.2) is 0 Å². The standard InChI is InChI=1S/C20H24ClN3O2/c1-15(18-4-2-3-5-19(18)21)22-14-20(26)24-12-10-23(11-13-24)16-6-8-17(25)9-7-16/h2-9,15,22,25H,10-14H2,1H3/t15-/m1/s1. The number of phenols is 1. The summed E-state index contributed by atoms with van der Waals surface area (Å²) in [7, 11) is 0. The largest absolute Gasteiger partial charge is 0.508 e. The minimum atomic E-state index is 0.0194. The Morgan fingerprint density at radius 1 is 1.12 bits per heavy atom. The maximum atomic E-state index is 12.5. The van der Waals surface area contributed by atoms with Crippen LogP contribution in [0.1, 0.15) is 18.5 Å². The van der Waals surface area contributed by atoms with Crippen LogP contribution in [0.5, 0.6) is 5.75 Å². The van der Waals surface area contributed by atoms with Crippen LogP contribution in [-0.4, -0.2) is 48.6 Å². The number of halogens is 1. The van der Waals surface area contributed by atoms with E-state index in [1.807, 2.05) is 48.2 Å². The predicted octanol–water partition coefficient (Wildman–Crippen LogP) is 3.05. The molecule has 1 aliphatic heterocycles. The number of piperazine rings is 1. The molecular formula is C20H24ClN3O2. The number of carbonyl (C=O) groups is 1. The molecular weight excluding hydrogens is 350 g/mol. The van der Waals surface area contributed by atoms with Crippen LogP contribution in [0.15, 0.2) is 48.5 Å². The van der Waals surface area contributed by atoms with Gasteiger partial charge in [0, 0.05) is 42.9 Å². The molecule has 5 nitrogen and oxygen atoms in total. The van der Waals surface area contributed by atoms with E-state index in [-0.39, 0.29) is 17.7 Å². The third kappa shape index (κ3) is 4.48. The molecule has 0 aromatic heterocycles. The molecule has 2 aromatic rings. The normalized spacial score (nSPS) is 15.8. The molecule has 0 bridgehead atoms. The Balaban J connectivity index is 1.48. The lowest BCUT2D eigenvalue weighted by molar-refractivity contribution is -0.130. The van der Waals surface area contributed by atoms with Crippen LogP contribution in [-0.2, 0) is 4.79 Å². The first-order valence-corrected chi connectivity index (χ1v) is 9.22. The van der Waals surface area contributed by atoms with E-state index in [2.05, 4.69) is 10.2 Å². The minimum Gasteiger partial charge on any atom is -0.508 e. The molecule has 0 unspecified atom stereocenters. The highest BCUT2D eigenvalue weighted by atomic mass is 35.5. The topological polar surface area (TPSA) is 55.8 Å². The van der Waals surface area contributed by atoms with E-state index in [0.29, 0.717) is 24.7 Å². The Labute approximate surface area is 159 Å². The Kier molecular flexibility index (Phi) is 6.01. The molecule has 0 saturated carbocycles. The lowest BCUT2D eigenvalue weighted by Crippen LogP contribution is -2.51. The minimum absolute atomic E-state index is 0.0194. The smallest absolute Gasteiger partial charge is 0.236 e. The van der Waals surface area contributed by atoms with Crippen molar-refractivity contribution in [3.8, 4) is 5.75 Å². The van der Waals surface area contributed by atoms with Gasteiger partial charge in [-0.1, -0.05) is 29.8 Å². The Morgan fingerprint density at radius 3 is 2.42 bits per heavy atom. The lowest BCUT2D eigenvalue weighted by atomic mass is 10.1. The van der Waals surface area contributed by atoms with Gasteiger partial charge in [0.2, 0.25) is 5.91 Å². The van der Waals surface area contributed by atoms with Crippen LogP contribution in [0.25, 0.3) is 0 Å². The number of benzene rings is 2. The number of amides is 1. The molecule has 1 atom stereocenters. The van der Waals surface area contributed by atoms with Crippen molar-refractivity contribution in [3.05, 3.63) is 59.1 Å². The first-order chi connectivity index (χ1) is 12.5. The molecule has 3 rings (SSSR count). The van der Waals surface area contributed by atoms with Crippen molar-refractivity contribution < 1.29 is 9.90 Å². The van der Waals surface area contributed by atoms with Crippen molar-refractivity contribution in [2.45, 2.75) is 13.0 Å². The van der Waals surface area contributed by atoms with Crippen LogP contribution < -0.4 is 10.2 Å². The molecule has 6 heteroatoms. The second-order valence-electron chi connectivity index (χ2n) is 6.51. The lowest BCUT2D eigenvalue weighted by Gasteiger charge is -2.36. The summed E-state index contributed by atoms with van der Waals surface area (Å²) in [6.07, 6.45) is 0. The molecule has 1 heterocycles. The summed E-state index contributed by atoms with van der Waals surface area (Å²) in [5, 5.41) is 13.4. The van der Waals surface area contributed by atoms with Crippen LogP contribution >= 0.6 is 11.6 Å². The van der Waals surface area contributed by atoms with Gasteiger partial charge in [0.1, 0.15) is 5.75 Å². The number of hydrogen-bond donors (Lipinski definition) is 2. The zero-order chi connectivity index (χ0) is 18.5. The molecule has 2 N–H and O–H groups in total. The number of nitrogens with one attached hydrogen (secondary N) is 1. The summed E-state index contributed by atoms with van der Waals surface area (Å²) < 4.78 is 0. The Morgan fingerprint density at radius 2 is 1.77 bits per heavy atom. The highest BCUT2D eigenvalue weighted by Crippen LogP contribution is 2.22. The van der Waals surface area contributed by atoms with Crippen molar-refractivity contribution in [2.24, 2.45) is 0 Å². The predicted molar refractivity (Wildman–Crippen MR) is 105 cm³/mol. The van der Waals surface area contributed by atoms with Gasteiger partial charge in [-0.2, -0.15) is 0 Å². The third-order valence-corrected chi connectivity index (χ3v) is 5.12. The average molecular weight is 374 g/mol. The fourth-order valence-corrected chi connectivity index (χ4v) is 3.47. The molecule has 1 aliphatic rings. The van der Waals surface area contributed by atoms with Crippen LogP contribution in [0.3, 0.4) is 0 Å². The summed E-state index contributed by atoms with van der Waals surface area (Å²) in [6, 6.07) is 14.9. The maximum Gasteiger partial charge on any atom is 0.236 e. The van der Waals surface area contributed by atoms with Gasteiger partial charge in [-0.3, -0.25) is 4.79 Å². The number of aromatic hydroxyl groups is 1.